The van der Waals surface area contributed by atoms with Gasteiger partial charge in [0.05, 0.1) is 12.7 Å². The molecule has 0 aromatic rings. The lowest BCUT2D eigenvalue weighted by Crippen LogP contribution is -2.49. The number of carbonyl (C=O) groups is 1. The van der Waals surface area contributed by atoms with Gasteiger partial charge >= 0.3 is 0 Å². The minimum atomic E-state index is -0.387. The molecule has 20 heavy (non-hydrogen) atoms. The fraction of sp³-hybridized carbons (Fsp3) is 0.938. The number of rotatable bonds is 8. The molecule has 1 aliphatic rings. The van der Waals surface area contributed by atoms with Crippen molar-refractivity contribution in [1.82, 2.24) is 4.90 Å². The molecule has 1 aliphatic heterocycles. The Balaban J connectivity index is 2.53. The lowest BCUT2D eigenvalue weighted by Gasteiger charge is -2.36. The second-order valence-corrected chi connectivity index (χ2v) is 5.87. The first-order chi connectivity index (χ1) is 9.51. The van der Waals surface area contributed by atoms with Crippen LogP contribution in [-0.4, -0.2) is 48.3 Å². The van der Waals surface area contributed by atoms with Crippen LogP contribution in [0.2, 0.25) is 0 Å². The molecule has 1 rings (SSSR count). The lowest BCUT2D eigenvalue weighted by molar-refractivity contribution is -0.149. The fourth-order valence-electron chi connectivity index (χ4n) is 2.57. The number of hydrogen-bond donors (Lipinski definition) is 0. The standard InChI is InChI=1S/C16H31NO3/c1-6-12(3)17(13(4)7-2)16(18)14(5)20-11-15-9-8-10-19-15/h12-15H,6-11H2,1-5H3. The summed E-state index contributed by atoms with van der Waals surface area (Å²) in [6, 6.07) is 0.512. The third-order valence-electron chi connectivity index (χ3n) is 4.29. The Morgan fingerprint density at radius 3 is 2.30 bits per heavy atom. The molecule has 4 atom stereocenters. The van der Waals surface area contributed by atoms with Gasteiger partial charge in [-0.2, -0.15) is 0 Å². The van der Waals surface area contributed by atoms with Crippen molar-refractivity contribution in [2.75, 3.05) is 13.2 Å². The molecule has 4 nitrogen and oxygen atoms in total. The molecule has 1 fully saturated rings. The number of amides is 1. The Kier molecular flexibility index (Phi) is 7.52. The van der Waals surface area contributed by atoms with Crippen LogP contribution in [0.1, 0.15) is 60.3 Å². The molecule has 1 heterocycles. The normalized spacial score (nSPS) is 23.4. The first kappa shape index (κ1) is 17.4. The average Bonchev–Trinajstić information content (AvgIpc) is 2.97. The van der Waals surface area contributed by atoms with E-state index in [4.69, 9.17) is 9.47 Å². The minimum absolute atomic E-state index is 0.103. The molecule has 0 radical (unpaired) electrons. The van der Waals surface area contributed by atoms with Crippen molar-refractivity contribution in [3.63, 3.8) is 0 Å². The summed E-state index contributed by atoms with van der Waals surface area (Å²) in [4.78, 5) is 14.6. The second kappa shape index (κ2) is 8.63. The van der Waals surface area contributed by atoms with Gasteiger partial charge in [0.1, 0.15) is 6.10 Å². The van der Waals surface area contributed by atoms with E-state index >= 15 is 0 Å². The molecule has 0 N–H and O–H groups in total. The van der Waals surface area contributed by atoms with Gasteiger partial charge in [0, 0.05) is 18.7 Å². The van der Waals surface area contributed by atoms with E-state index in [9.17, 15) is 4.79 Å². The summed E-state index contributed by atoms with van der Waals surface area (Å²) in [5.74, 6) is 0.103. The van der Waals surface area contributed by atoms with Gasteiger partial charge in [-0.3, -0.25) is 4.79 Å². The van der Waals surface area contributed by atoms with Gasteiger partial charge in [0.25, 0.3) is 5.91 Å². The van der Waals surface area contributed by atoms with Crippen LogP contribution in [0.4, 0.5) is 0 Å². The van der Waals surface area contributed by atoms with Crippen LogP contribution in [0.3, 0.4) is 0 Å². The smallest absolute Gasteiger partial charge is 0.251 e. The van der Waals surface area contributed by atoms with Crippen LogP contribution >= 0.6 is 0 Å². The van der Waals surface area contributed by atoms with E-state index in [1.807, 2.05) is 11.8 Å². The zero-order valence-electron chi connectivity index (χ0n) is 13.7. The van der Waals surface area contributed by atoms with E-state index < -0.39 is 0 Å². The highest BCUT2D eigenvalue weighted by molar-refractivity contribution is 5.81. The summed E-state index contributed by atoms with van der Waals surface area (Å²) in [6.07, 6.45) is 3.86. The van der Waals surface area contributed by atoms with Gasteiger partial charge in [-0.25, -0.2) is 0 Å². The van der Waals surface area contributed by atoms with Crippen molar-refractivity contribution >= 4 is 5.91 Å². The van der Waals surface area contributed by atoms with E-state index in [2.05, 4.69) is 27.7 Å². The molecule has 0 bridgehead atoms. The predicted molar refractivity (Wildman–Crippen MR) is 80.7 cm³/mol. The van der Waals surface area contributed by atoms with Gasteiger partial charge in [-0.05, 0) is 46.5 Å². The molecule has 0 aromatic carbocycles. The van der Waals surface area contributed by atoms with Crippen LogP contribution in [-0.2, 0) is 14.3 Å². The van der Waals surface area contributed by atoms with Gasteiger partial charge in [0.15, 0.2) is 0 Å². The van der Waals surface area contributed by atoms with E-state index in [0.29, 0.717) is 6.61 Å². The largest absolute Gasteiger partial charge is 0.376 e. The third-order valence-corrected chi connectivity index (χ3v) is 4.29. The van der Waals surface area contributed by atoms with E-state index in [-0.39, 0.29) is 30.2 Å². The highest BCUT2D eigenvalue weighted by atomic mass is 16.5. The van der Waals surface area contributed by atoms with Crippen LogP contribution in [0, 0.1) is 0 Å². The maximum atomic E-state index is 12.6. The summed E-state index contributed by atoms with van der Waals surface area (Å²) in [5.41, 5.74) is 0. The molecule has 0 aromatic heterocycles. The molecule has 0 aliphatic carbocycles. The number of hydrogen-bond acceptors (Lipinski definition) is 3. The third kappa shape index (κ3) is 4.74. The van der Waals surface area contributed by atoms with Crippen molar-refractivity contribution in [2.45, 2.75) is 84.6 Å². The zero-order valence-corrected chi connectivity index (χ0v) is 13.7. The highest BCUT2D eigenvalue weighted by Crippen LogP contribution is 2.17. The molecule has 4 heteroatoms. The van der Waals surface area contributed by atoms with E-state index in [1.54, 1.807) is 0 Å². The molecular weight excluding hydrogens is 254 g/mol. The second-order valence-electron chi connectivity index (χ2n) is 5.87. The van der Waals surface area contributed by atoms with E-state index in [0.717, 1.165) is 32.3 Å². The highest BCUT2D eigenvalue weighted by Gasteiger charge is 2.28. The minimum Gasteiger partial charge on any atom is -0.376 e. The van der Waals surface area contributed by atoms with E-state index in [1.165, 1.54) is 0 Å². The summed E-state index contributed by atoms with van der Waals surface area (Å²) in [6.45, 7) is 11.7. The molecule has 1 saturated heterocycles. The maximum absolute atomic E-state index is 12.6. The predicted octanol–water partition coefficient (Wildman–Crippen LogP) is 3.00. The summed E-state index contributed by atoms with van der Waals surface area (Å²) in [7, 11) is 0. The molecule has 1 amide bonds. The molecule has 118 valence electrons. The Labute approximate surface area is 123 Å². The van der Waals surface area contributed by atoms with Crippen LogP contribution in [0.25, 0.3) is 0 Å². The maximum Gasteiger partial charge on any atom is 0.251 e. The van der Waals surface area contributed by atoms with Crippen LogP contribution < -0.4 is 0 Å². The van der Waals surface area contributed by atoms with Crippen molar-refractivity contribution in [2.24, 2.45) is 0 Å². The monoisotopic (exact) mass is 285 g/mol. The van der Waals surface area contributed by atoms with Crippen LogP contribution in [0.15, 0.2) is 0 Å². The first-order valence-corrected chi connectivity index (χ1v) is 8.06. The molecule has 4 unspecified atom stereocenters. The Morgan fingerprint density at radius 1 is 1.25 bits per heavy atom. The topological polar surface area (TPSA) is 38.8 Å². The van der Waals surface area contributed by atoms with Gasteiger partial charge in [-0.15, -0.1) is 0 Å². The van der Waals surface area contributed by atoms with Crippen molar-refractivity contribution in [3.05, 3.63) is 0 Å². The Bertz CT molecular complexity index is 279. The first-order valence-electron chi connectivity index (χ1n) is 8.06. The molecular formula is C16H31NO3. The Hall–Kier alpha value is -0.610. The molecule has 0 saturated carbocycles. The quantitative estimate of drug-likeness (QED) is 0.688. The van der Waals surface area contributed by atoms with Crippen molar-refractivity contribution in [1.29, 1.82) is 0 Å². The summed E-state index contributed by atoms with van der Waals surface area (Å²) in [5, 5.41) is 0. The number of nitrogens with zero attached hydrogens (tertiary/aromatic N) is 1. The number of carbonyl (C=O) groups excluding carboxylic acids is 1. The average molecular weight is 285 g/mol. The summed E-state index contributed by atoms with van der Waals surface area (Å²) < 4.78 is 11.3. The Morgan fingerprint density at radius 2 is 1.85 bits per heavy atom. The molecule has 0 spiro atoms. The van der Waals surface area contributed by atoms with Gasteiger partial charge in [0.2, 0.25) is 0 Å². The van der Waals surface area contributed by atoms with Crippen LogP contribution in [0.5, 0.6) is 0 Å². The zero-order chi connectivity index (χ0) is 15.1. The number of ether oxygens (including phenoxy) is 2. The van der Waals surface area contributed by atoms with Crippen molar-refractivity contribution < 1.29 is 14.3 Å². The van der Waals surface area contributed by atoms with Gasteiger partial charge < -0.3 is 14.4 Å². The lowest BCUT2D eigenvalue weighted by atomic mass is 10.1. The van der Waals surface area contributed by atoms with Crippen molar-refractivity contribution in [3.8, 4) is 0 Å². The SMILES string of the molecule is CCC(C)N(C(=O)C(C)OCC1CCCO1)C(C)CC. The fourth-order valence-corrected chi connectivity index (χ4v) is 2.57. The summed E-state index contributed by atoms with van der Waals surface area (Å²) >= 11 is 0. The van der Waals surface area contributed by atoms with Gasteiger partial charge in [-0.1, -0.05) is 13.8 Å².